The van der Waals surface area contributed by atoms with E-state index in [0.717, 1.165) is 18.2 Å². The third kappa shape index (κ3) is 4.13. The number of aromatic nitrogens is 2. The van der Waals surface area contributed by atoms with Gasteiger partial charge in [0.15, 0.2) is 6.73 Å². The molecule has 1 aromatic heterocycles. The number of rotatable bonds is 7. The van der Waals surface area contributed by atoms with Crippen LogP contribution in [0, 0.1) is 15.9 Å². The highest BCUT2D eigenvalue weighted by Gasteiger charge is 2.16. The number of hydrogen-bond donors (Lipinski definition) is 1. The van der Waals surface area contributed by atoms with Crippen LogP contribution in [0.1, 0.15) is 10.5 Å². The Morgan fingerprint density at radius 1 is 1.52 bits per heavy atom. The smallest absolute Gasteiger partial charge is 0.311 e. The van der Waals surface area contributed by atoms with E-state index in [4.69, 9.17) is 4.74 Å². The van der Waals surface area contributed by atoms with Gasteiger partial charge in [-0.25, -0.2) is 9.07 Å². The summed E-state index contributed by atoms with van der Waals surface area (Å²) in [7, 11) is 0. The molecule has 0 fully saturated rings. The molecular formula is C14H13FN4O4. The predicted octanol–water partition coefficient (Wildman–Crippen LogP) is 1.88. The molecule has 0 unspecified atom stereocenters. The van der Waals surface area contributed by atoms with Crippen LogP contribution in [0.5, 0.6) is 5.75 Å². The van der Waals surface area contributed by atoms with E-state index in [1.165, 1.54) is 23.0 Å². The first kappa shape index (κ1) is 16.1. The first-order chi connectivity index (χ1) is 11.0. The van der Waals surface area contributed by atoms with E-state index < -0.39 is 10.7 Å². The minimum absolute atomic E-state index is 0.157. The monoisotopic (exact) mass is 320 g/mol. The topological polar surface area (TPSA) is 99.3 Å². The molecule has 0 aliphatic heterocycles. The van der Waals surface area contributed by atoms with Crippen molar-refractivity contribution in [1.29, 1.82) is 0 Å². The fourth-order valence-electron chi connectivity index (χ4n) is 1.70. The van der Waals surface area contributed by atoms with Crippen molar-refractivity contribution >= 4 is 11.6 Å². The van der Waals surface area contributed by atoms with Crippen LogP contribution in [0.3, 0.4) is 0 Å². The maximum Gasteiger partial charge on any atom is 0.311 e. The SMILES string of the molecule is C=CCNC(=O)c1ccn(COc2cc(F)ccc2[N+](=O)[O-])n1. The van der Waals surface area contributed by atoms with Crippen molar-refractivity contribution in [3.8, 4) is 5.75 Å². The summed E-state index contributed by atoms with van der Waals surface area (Å²) < 4.78 is 19.7. The molecule has 1 aromatic carbocycles. The number of hydrogen-bond acceptors (Lipinski definition) is 5. The second kappa shape index (κ2) is 7.16. The van der Waals surface area contributed by atoms with Crippen molar-refractivity contribution in [2.45, 2.75) is 6.73 Å². The molecule has 0 saturated carbocycles. The van der Waals surface area contributed by atoms with Crippen molar-refractivity contribution in [2.75, 3.05) is 6.54 Å². The van der Waals surface area contributed by atoms with Gasteiger partial charge < -0.3 is 10.1 Å². The molecule has 0 saturated heterocycles. The number of amides is 1. The van der Waals surface area contributed by atoms with Crippen LogP contribution in [0.15, 0.2) is 43.1 Å². The van der Waals surface area contributed by atoms with Crippen LogP contribution in [0.25, 0.3) is 0 Å². The Hall–Kier alpha value is -3.23. The van der Waals surface area contributed by atoms with Crippen LogP contribution in [0.2, 0.25) is 0 Å². The van der Waals surface area contributed by atoms with Gasteiger partial charge in [-0.15, -0.1) is 6.58 Å². The molecular weight excluding hydrogens is 307 g/mol. The fraction of sp³-hybridized carbons (Fsp3) is 0.143. The van der Waals surface area contributed by atoms with E-state index in [9.17, 15) is 19.3 Å². The van der Waals surface area contributed by atoms with Gasteiger partial charge in [0.1, 0.15) is 11.5 Å². The number of benzene rings is 1. The molecule has 120 valence electrons. The van der Waals surface area contributed by atoms with Gasteiger partial charge in [0.05, 0.1) is 4.92 Å². The van der Waals surface area contributed by atoms with Crippen LogP contribution < -0.4 is 10.1 Å². The molecule has 0 spiro atoms. The number of carbonyl (C=O) groups excluding carboxylic acids is 1. The number of nitrogens with one attached hydrogen (secondary N) is 1. The summed E-state index contributed by atoms with van der Waals surface area (Å²) in [4.78, 5) is 21.8. The maximum atomic E-state index is 13.2. The van der Waals surface area contributed by atoms with Crippen LogP contribution in [-0.2, 0) is 6.73 Å². The summed E-state index contributed by atoms with van der Waals surface area (Å²) in [6.45, 7) is 3.57. The first-order valence-electron chi connectivity index (χ1n) is 6.50. The van der Waals surface area contributed by atoms with E-state index in [1.807, 2.05) is 0 Å². The summed E-state index contributed by atoms with van der Waals surface area (Å²) in [6, 6.07) is 4.37. The average molecular weight is 320 g/mol. The lowest BCUT2D eigenvalue weighted by Crippen LogP contribution is -2.24. The van der Waals surface area contributed by atoms with Crippen LogP contribution in [0.4, 0.5) is 10.1 Å². The number of nitro benzene ring substituents is 1. The molecule has 0 aliphatic carbocycles. The third-order valence-corrected chi connectivity index (χ3v) is 2.75. The Bertz CT molecular complexity index is 744. The Morgan fingerprint density at radius 3 is 3.00 bits per heavy atom. The van der Waals surface area contributed by atoms with Gasteiger partial charge in [0.2, 0.25) is 5.75 Å². The Balaban J connectivity index is 2.06. The van der Waals surface area contributed by atoms with Crippen molar-refractivity contribution in [3.05, 3.63) is 64.7 Å². The number of nitro groups is 1. The summed E-state index contributed by atoms with van der Waals surface area (Å²) in [5.41, 5.74) is -0.202. The van der Waals surface area contributed by atoms with Gasteiger partial charge in [-0.2, -0.15) is 5.10 Å². The molecule has 8 nitrogen and oxygen atoms in total. The molecule has 2 aromatic rings. The number of nitrogens with zero attached hydrogens (tertiary/aromatic N) is 3. The van der Waals surface area contributed by atoms with Gasteiger partial charge in [-0.05, 0) is 12.1 Å². The van der Waals surface area contributed by atoms with E-state index in [0.29, 0.717) is 6.54 Å². The van der Waals surface area contributed by atoms with Gasteiger partial charge >= 0.3 is 5.69 Å². The lowest BCUT2D eigenvalue weighted by Gasteiger charge is -2.06. The Morgan fingerprint density at radius 2 is 2.30 bits per heavy atom. The van der Waals surface area contributed by atoms with E-state index >= 15 is 0 Å². The highest BCUT2D eigenvalue weighted by molar-refractivity contribution is 5.92. The van der Waals surface area contributed by atoms with Crippen molar-refractivity contribution in [1.82, 2.24) is 15.1 Å². The molecule has 1 N–H and O–H groups in total. The van der Waals surface area contributed by atoms with Gasteiger partial charge in [-0.3, -0.25) is 14.9 Å². The minimum atomic E-state index is -0.675. The zero-order valence-electron chi connectivity index (χ0n) is 11.9. The second-order valence-electron chi connectivity index (χ2n) is 4.38. The van der Waals surface area contributed by atoms with Crippen molar-refractivity contribution in [2.24, 2.45) is 0 Å². The average Bonchev–Trinajstić information content (AvgIpc) is 2.99. The Kier molecular flexibility index (Phi) is 5.03. The number of carbonyl (C=O) groups is 1. The quantitative estimate of drug-likeness (QED) is 0.477. The summed E-state index contributed by atoms with van der Waals surface area (Å²) in [5.74, 6) is -1.26. The standard InChI is InChI=1S/C14H13FN4O4/c1-2-6-16-14(20)11-5-7-18(17-11)9-23-13-8-10(15)3-4-12(13)19(21)22/h2-5,7-8H,1,6,9H2,(H,16,20). The van der Waals surface area contributed by atoms with Crippen LogP contribution in [-0.4, -0.2) is 27.2 Å². The highest BCUT2D eigenvalue weighted by Crippen LogP contribution is 2.27. The fourth-order valence-corrected chi connectivity index (χ4v) is 1.70. The summed E-state index contributed by atoms with van der Waals surface area (Å²) in [6.07, 6.45) is 3.00. The molecule has 2 rings (SSSR count). The molecule has 1 heterocycles. The van der Waals surface area contributed by atoms with Gasteiger partial charge in [-0.1, -0.05) is 6.08 Å². The molecule has 0 aliphatic rings. The highest BCUT2D eigenvalue weighted by atomic mass is 19.1. The lowest BCUT2D eigenvalue weighted by molar-refractivity contribution is -0.386. The summed E-state index contributed by atoms with van der Waals surface area (Å²) in [5, 5.41) is 17.4. The van der Waals surface area contributed by atoms with E-state index in [1.54, 1.807) is 0 Å². The van der Waals surface area contributed by atoms with Crippen LogP contribution >= 0.6 is 0 Å². The third-order valence-electron chi connectivity index (χ3n) is 2.75. The summed E-state index contributed by atoms with van der Waals surface area (Å²) >= 11 is 0. The van der Waals surface area contributed by atoms with E-state index in [-0.39, 0.29) is 29.8 Å². The van der Waals surface area contributed by atoms with Gasteiger partial charge in [0.25, 0.3) is 5.91 Å². The van der Waals surface area contributed by atoms with Gasteiger partial charge in [0, 0.05) is 24.9 Å². The Labute approximate surface area is 130 Å². The lowest BCUT2D eigenvalue weighted by atomic mass is 10.3. The zero-order chi connectivity index (χ0) is 16.8. The molecule has 0 bridgehead atoms. The molecule has 1 amide bonds. The molecule has 9 heteroatoms. The largest absolute Gasteiger partial charge is 0.464 e. The predicted molar refractivity (Wildman–Crippen MR) is 78.4 cm³/mol. The molecule has 23 heavy (non-hydrogen) atoms. The zero-order valence-corrected chi connectivity index (χ0v) is 11.9. The molecule has 0 radical (unpaired) electrons. The van der Waals surface area contributed by atoms with E-state index in [2.05, 4.69) is 17.0 Å². The normalized spacial score (nSPS) is 10.1. The van der Waals surface area contributed by atoms with Crippen molar-refractivity contribution in [3.63, 3.8) is 0 Å². The first-order valence-corrected chi connectivity index (χ1v) is 6.50. The second-order valence-corrected chi connectivity index (χ2v) is 4.38. The number of ether oxygens (including phenoxy) is 1. The maximum absolute atomic E-state index is 13.2. The molecule has 0 atom stereocenters. The minimum Gasteiger partial charge on any atom is -0.464 e. The number of halogens is 1. The van der Waals surface area contributed by atoms with Crippen molar-refractivity contribution < 1.29 is 18.8 Å².